The number of benzene rings is 1. The molecule has 1 aromatic carbocycles. The van der Waals surface area contributed by atoms with Crippen LogP contribution in [-0.4, -0.2) is 6.54 Å². The topological polar surface area (TPSA) is 12.0 Å². The lowest BCUT2D eigenvalue weighted by Crippen LogP contribution is -2.31. The van der Waals surface area contributed by atoms with Crippen molar-refractivity contribution in [3.05, 3.63) is 29.6 Å². The van der Waals surface area contributed by atoms with Gasteiger partial charge in [-0.3, -0.25) is 0 Å². The summed E-state index contributed by atoms with van der Waals surface area (Å²) in [4.78, 5) is 0. The highest BCUT2D eigenvalue weighted by atomic mass is 19.1. The van der Waals surface area contributed by atoms with E-state index in [1.165, 1.54) is 6.07 Å². The molecule has 0 saturated carbocycles. The number of hydrogen-bond donors (Lipinski definition) is 1. The van der Waals surface area contributed by atoms with Gasteiger partial charge in [0, 0.05) is 6.54 Å². The molecule has 1 aliphatic heterocycles. The van der Waals surface area contributed by atoms with Gasteiger partial charge in [-0.2, -0.15) is 0 Å². The van der Waals surface area contributed by atoms with Crippen molar-refractivity contribution in [2.45, 2.75) is 20.3 Å². The molecule has 0 radical (unpaired) electrons. The molecule has 0 saturated heterocycles. The second-order valence-corrected chi connectivity index (χ2v) is 4.47. The predicted molar refractivity (Wildman–Crippen MR) is 52.4 cm³/mol. The molecular weight excluding hydrogens is 165 g/mol. The van der Waals surface area contributed by atoms with Crippen LogP contribution in [0.2, 0.25) is 0 Å². The molecule has 1 aliphatic rings. The lowest BCUT2D eigenvalue weighted by molar-refractivity contribution is 0.377. The fourth-order valence-electron chi connectivity index (χ4n) is 1.82. The molecule has 2 rings (SSSR count). The molecule has 1 aromatic rings. The van der Waals surface area contributed by atoms with E-state index >= 15 is 0 Å². The summed E-state index contributed by atoms with van der Waals surface area (Å²) in [5, 5.41) is 3.15. The third-order valence-electron chi connectivity index (χ3n) is 2.51. The lowest BCUT2D eigenvalue weighted by atomic mass is 9.82. The quantitative estimate of drug-likeness (QED) is 0.645. The number of halogens is 1. The Labute approximate surface area is 78.0 Å². The molecule has 1 N–H and O–H groups in total. The molecule has 2 heteroatoms. The maximum Gasteiger partial charge on any atom is 0.146 e. The van der Waals surface area contributed by atoms with Crippen molar-refractivity contribution in [3.63, 3.8) is 0 Å². The Hall–Kier alpha value is -1.05. The van der Waals surface area contributed by atoms with Crippen LogP contribution in [0.4, 0.5) is 10.1 Å². The average molecular weight is 179 g/mol. The van der Waals surface area contributed by atoms with Crippen molar-refractivity contribution in [2.75, 3.05) is 11.9 Å². The van der Waals surface area contributed by atoms with Crippen LogP contribution in [0.15, 0.2) is 18.2 Å². The highest BCUT2D eigenvalue weighted by Gasteiger charge is 2.26. The molecule has 13 heavy (non-hydrogen) atoms. The van der Waals surface area contributed by atoms with E-state index in [0.717, 1.165) is 18.5 Å². The van der Waals surface area contributed by atoms with Gasteiger partial charge in [0.1, 0.15) is 5.82 Å². The van der Waals surface area contributed by atoms with E-state index in [9.17, 15) is 4.39 Å². The third-order valence-corrected chi connectivity index (χ3v) is 2.51. The molecule has 0 unspecified atom stereocenters. The van der Waals surface area contributed by atoms with Crippen molar-refractivity contribution in [2.24, 2.45) is 5.41 Å². The zero-order valence-corrected chi connectivity index (χ0v) is 8.02. The number of nitrogens with one attached hydrogen (secondary N) is 1. The molecule has 1 heterocycles. The third kappa shape index (κ3) is 1.53. The van der Waals surface area contributed by atoms with Crippen LogP contribution in [0, 0.1) is 11.2 Å². The van der Waals surface area contributed by atoms with Gasteiger partial charge in [0.2, 0.25) is 0 Å². The molecule has 1 nitrogen and oxygen atoms in total. The number of fused-ring (bicyclic) bond motifs is 1. The molecule has 0 atom stereocenters. The van der Waals surface area contributed by atoms with Crippen LogP contribution in [-0.2, 0) is 6.42 Å². The van der Waals surface area contributed by atoms with E-state index < -0.39 is 0 Å². The van der Waals surface area contributed by atoms with E-state index in [-0.39, 0.29) is 11.2 Å². The molecule has 0 aliphatic carbocycles. The minimum atomic E-state index is -0.131. The first kappa shape index (κ1) is 8.54. The highest BCUT2D eigenvalue weighted by Crippen LogP contribution is 2.33. The highest BCUT2D eigenvalue weighted by molar-refractivity contribution is 5.54. The second-order valence-electron chi connectivity index (χ2n) is 4.47. The van der Waals surface area contributed by atoms with Gasteiger partial charge in [-0.25, -0.2) is 4.39 Å². The lowest BCUT2D eigenvalue weighted by Gasteiger charge is -2.32. The van der Waals surface area contributed by atoms with Crippen LogP contribution in [0.25, 0.3) is 0 Å². The van der Waals surface area contributed by atoms with Gasteiger partial charge in [-0.15, -0.1) is 0 Å². The Morgan fingerprint density at radius 3 is 2.92 bits per heavy atom. The van der Waals surface area contributed by atoms with Gasteiger partial charge in [0.15, 0.2) is 0 Å². The normalized spacial score (nSPS) is 19.0. The van der Waals surface area contributed by atoms with Crippen LogP contribution in [0.5, 0.6) is 0 Å². The summed E-state index contributed by atoms with van der Waals surface area (Å²) >= 11 is 0. The first-order chi connectivity index (χ1) is 6.08. The van der Waals surface area contributed by atoms with E-state index in [1.807, 2.05) is 6.07 Å². The minimum Gasteiger partial charge on any atom is -0.382 e. The van der Waals surface area contributed by atoms with Gasteiger partial charge < -0.3 is 5.32 Å². The Bertz CT molecular complexity index is 331. The number of para-hydroxylation sites is 1. The Morgan fingerprint density at radius 1 is 1.38 bits per heavy atom. The van der Waals surface area contributed by atoms with Crippen molar-refractivity contribution >= 4 is 5.69 Å². The Kier molecular flexibility index (Phi) is 1.79. The summed E-state index contributed by atoms with van der Waals surface area (Å²) < 4.78 is 13.3. The Morgan fingerprint density at radius 2 is 2.15 bits per heavy atom. The minimum absolute atomic E-state index is 0.131. The first-order valence-corrected chi connectivity index (χ1v) is 4.60. The number of hydrogen-bond acceptors (Lipinski definition) is 1. The fourth-order valence-corrected chi connectivity index (χ4v) is 1.82. The predicted octanol–water partition coefficient (Wildman–Crippen LogP) is 2.82. The zero-order chi connectivity index (χ0) is 9.47. The second kappa shape index (κ2) is 2.72. The molecular formula is C11H14FN. The summed E-state index contributed by atoms with van der Waals surface area (Å²) in [7, 11) is 0. The van der Waals surface area contributed by atoms with Crippen molar-refractivity contribution in [3.8, 4) is 0 Å². The van der Waals surface area contributed by atoms with Gasteiger partial charge in [-0.1, -0.05) is 26.0 Å². The van der Waals surface area contributed by atoms with Crippen molar-refractivity contribution in [1.29, 1.82) is 0 Å². The SMILES string of the molecule is CC1(C)CNc2c(F)cccc2C1. The summed E-state index contributed by atoms with van der Waals surface area (Å²) in [6.45, 7) is 5.22. The molecule has 70 valence electrons. The van der Waals surface area contributed by atoms with Crippen LogP contribution < -0.4 is 5.32 Å². The van der Waals surface area contributed by atoms with E-state index in [1.54, 1.807) is 6.07 Å². The summed E-state index contributed by atoms with van der Waals surface area (Å²) in [6, 6.07) is 5.27. The monoisotopic (exact) mass is 179 g/mol. The van der Waals surface area contributed by atoms with E-state index in [0.29, 0.717) is 5.69 Å². The van der Waals surface area contributed by atoms with Gasteiger partial charge in [-0.05, 0) is 23.5 Å². The summed E-state index contributed by atoms with van der Waals surface area (Å²) in [5.41, 5.74) is 2.03. The maximum atomic E-state index is 13.3. The first-order valence-electron chi connectivity index (χ1n) is 4.60. The van der Waals surface area contributed by atoms with Crippen LogP contribution in [0.3, 0.4) is 0 Å². The summed E-state index contributed by atoms with van der Waals surface area (Å²) in [5.74, 6) is -0.131. The zero-order valence-electron chi connectivity index (χ0n) is 8.02. The average Bonchev–Trinajstić information content (AvgIpc) is 2.02. The number of anilines is 1. The Balaban J connectivity index is 2.42. The van der Waals surface area contributed by atoms with E-state index in [4.69, 9.17) is 0 Å². The molecule has 0 amide bonds. The molecule has 0 bridgehead atoms. The molecule has 0 aromatic heterocycles. The van der Waals surface area contributed by atoms with Crippen molar-refractivity contribution < 1.29 is 4.39 Å². The van der Waals surface area contributed by atoms with Gasteiger partial charge in [0.25, 0.3) is 0 Å². The molecule has 0 spiro atoms. The van der Waals surface area contributed by atoms with Crippen molar-refractivity contribution in [1.82, 2.24) is 0 Å². The summed E-state index contributed by atoms with van der Waals surface area (Å²) in [6.07, 6.45) is 0.951. The standard InChI is InChI=1S/C11H14FN/c1-11(2)6-8-4-3-5-9(12)10(8)13-7-11/h3-5,13H,6-7H2,1-2H3. The smallest absolute Gasteiger partial charge is 0.146 e. The number of rotatable bonds is 0. The van der Waals surface area contributed by atoms with Gasteiger partial charge >= 0.3 is 0 Å². The van der Waals surface area contributed by atoms with E-state index in [2.05, 4.69) is 19.2 Å². The van der Waals surface area contributed by atoms with Gasteiger partial charge in [0.05, 0.1) is 5.69 Å². The largest absolute Gasteiger partial charge is 0.382 e. The van der Waals surface area contributed by atoms with Crippen LogP contribution in [0.1, 0.15) is 19.4 Å². The molecule has 0 fully saturated rings. The maximum absolute atomic E-state index is 13.3. The van der Waals surface area contributed by atoms with Crippen LogP contribution >= 0.6 is 0 Å². The fraction of sp³-hybridized carbons (Fsp3) is 0.455.